The number of ether oxygens (including phenoxy) is 1. The Morgan fingerprint density at radius 1 is 1.38 bits per heavy atom. The molecule has 0 saturated carbocycles. The summed E-state index contributed by atoms with van der Waals surface area (Å²) in [7, 11) is 1.71. The largest absolute Gasteiger partial charge is 0.481 e. The van der Waals surface area contributed by atoms with Crippen LogP contribution in [-0.2, 0) is 21.4 Å². The normalized spacial score (nSPS) is 15.8. The monoisotopic (exact) mass is 452 g/mol. The summed E-state index contributed by atoms with van der Waals surface area (Å²) in [5.74, 6) is -1.31. The van der Waals surface area contributed by atoms with Crippen molar-refractivity contribution in [1.82, 2.24) is 20.1 Å². The van der Waals surface area contributed by atoms with Gasteiger partial charge in [0.15, 0.2) is 12.4 Å². The number of rotatable bonds is 5. The van der Waals surface area contributed by atoms with Gasteiger partial charge < -0.3 is 10.1 Å². The van der Waals surface area contributed by atoms with Gasteiger partial charge in [0.2, 0.25) is 11.8 Å². The number of nitrogens with one attached hydrogen (secondary N) is 2. The van der Waals surface area contributed by atoms with Crippen molar-refractivity contribution in [2.45, 2.75) is 18.8 Å². The molecule has 1 aliphatic heterocycles. The van der Waals surface area contributed by atoms with Crippen molar-refractivity contribution in [1.29, 1.82) is 5.26 Å². The molecule has 1 atom stereocenters. The molecule has 0 spiro atoms. The molecule has 1 aromatic carbocycles. The molecule has 162 valence electrons. The topological polar surface area (TPSA) is 139 Å². The predicted octanol–water partition coefficient (Wildman–Crippen LogP) is 2.03. The van der Waals surface area contributed by atoms with Crippen LogP contribution in [0.5, 0.6) is 5.75 Å². The molecule has 10 nitrogen and oxygen atoms in total. The van der Waals surface area contributed by atoms with E-state index in [0.29, 0.717) is 28.8 Å². The molecule has 1 fully saturated rings. The van der Waals surface area contributed by atoms with Crippen LogP contribution >= 0.6 is 11.6 Å². The first-order chi connectivity index (χ1) is 15.4. The molecular formula is C21H17ClN6O4. The van der Waals surface area contributed by atoms with Gasteiger partial charge in [-0.05, 0) is 24.6 Å². The van der Waals surface area contributed by atoms with E-state index in [9.17, 15) is 14.4 Å². The minimum absolute atomic E-state index is 0.0486. The van der Waals surface area contributed by atoms with E-state index in [2.05, 4.69) is 20.7 Å². The molecule has 1 aliphatic rings. The third-order valence-corrected chi connectivity index (χ3v) is 5.23. The van der Waals surface area contributed by atoms with Crippen molar-refractivity contribution in [3.8, 4) is 11.8 Å². The van der Waals surface area contributed by atoms with Crippen molar-refractivity contribution in [2.24, 2.45) is 7.05 Å². The smallest absolute Gasteiger partial charge is 0.263 e. The number of aryl methyl sites for hydroxylation is 1. The van der Waals surface area contributed by atoms with Crippen LogP contribution in [0, 0.1) is 11.3 Å². The lowest BCUT2D eigenvalue weighted by Gasteiger charge is -2.19. The SMILES string of the molecule is Cn1nc(C2CCC(=O)NC2=O)c2cccc(OCC(=O)Nc3nc(Cl)ccc3C#N)c21. The molecular weight excluding hydrogens is 436 g/mol. The molecule has 3 aromatic rings. The summed E-state index contributed by atoms with van der Waals surface area (Å²) in [6, 6.07) is 10.1. The fourth-order valence-electron chi connectivity index (χ4n) is 3.59. The number of carbonyl (C=O) groups is 3. The van der Waals surface area contributed by atoms with E-state index in [1.807, 2.05) is 12.1 Å². The lowest BCUT2D eigenvalue weighted by atomic mass is 9.93. The van der Waals surface area contributed by atoms with Crippen LogP contribution in [0.1, 0.15) is 30.0 Å². The van der Waals surface area contributed by atoms with Crippen molar-refractivity contribution >= 4 is 46.0 Å². The summed E-state index contributed by atoms with van der Waals surface area (Å²) in [4.78, 5) is 40.1. The standard InChI is InChI=1S/C21H17ClN6O4/c1-28-19-12(18(27-28)13-6-8-16(29)26-21(13)31)3-2-4-14(19)32-10-17(30)25-20-11(9-23)5-7-15(22)24-20/h2-5,7,13H,6,8,10H2,1H3,(H,24,25,30)(H,26,29,31). The first kappa shape index (κ1) is 21.3. The Bertz CT molecular complexity index is 1300. The highest BCUT2D eigenvalue weighted by molar-refractivity contribution is 6.29. The summed E-state index contributed by atoms with van der Waals surface area (Å²) in [5.41, 5.74) is 1.33. The average molecular weight is 453 g/mol. The quantitative estimate of drug-likeness (QED) is 0.446. The molecule has 3 heterocycles. The number of para-hydroxylation sites is 1. The molecule has 0 aliphatic carbocycles. The zero-order chi connectivity index (χ0) is 22.8. The van der Waals surface area contributed by atoms with E-state index in [1.54, 1.807) is 23.9 Å². The number of benzene rings is 1. The predicted molar refractivity (Wildman–Crippen MR) is 114 cm³/mol. The number of pyridine rings is 1. The molecule has 2 aromatic heterocycles. The molecule has 1 unspecified atom stereocenters. The van der Waals surface area contributed by atoms with Crippen LogP contribution in [0.3, 0.4) is 0 Å². The summed E-state index contributed by atoms with van der Waals surface area (Å²) in [5, 5.41) is 19.3. The van der Waals surface area contributed by atoms with Crippen LogP contribution in [0.15, 0.2) is 30.3 Å². The van der Waals surface area contributed by atoms with Crippen molar-refractivity contribution in [2.75, 3.05) is 11.9 Å². The Balaban J connectivity index is 1.54. The van der Waals surface area contributed by atoms with E-state index in [0.717, 1.165) is 0 Å². The molecule has 2 N–H and O–H groups in total. The van der Waals surface area contributed by atoms with E-state index in [1.165, 1.54) is 12.1 Å². The Labute approximate surface area is 187 Å². The lowest BCUT2D eigenvalue weighted by Crippen LogP contribution is -2.39. The number of fused-ring (bicyclic) bond motifs is 1. The zero-order valence-electron chi connectivity index (χ0n) is 16.9. The van der Waals surface area contributed by atoms with Gasteiger partial charge in [-0.2, -0.15) is 10.4 Å². The van der Waals surface area contributed by atoms with Gasteiger partial charge in [0.05, 0.1) is 17.2 Å². The third-order valence-electron chi connectivity index (χ3n) is 5.02. The number of hydrogen-bond acceptors (Lipinski definition) is 7. The Hall–Kier alpha value is -3.97. The molecule has 0 radical (unpaired) electrons. The number of hydrogen-bond donors (Lipinski definition) is 2. The van der Waals surface area contributed by atoms with Crippen LogP contribution in [0.25, 0.3) is 10.9 Å². The maximum absolute atomic E-state index is 12.4. The number of amides is 3. The van der Waals surface area contributed by atoms with Gasteiger partial charge in [-0.25, -0.2) is 4.98 Å². The first-order valence-corrected chi connectivity index (χ1v) is 10.0. The third kappa shape index (κ3) is 4.10. The molecule has 3 amide bonds. The van der Waals surface area contributed by atoms with Gasteiger partial charge in [0.1, 0.15) is 22.5 Å². The van der Waals surface area contributed by atoms with Gasteiger partial charge in [-0.3, -0.25) is 24.4 Å². The number of nitriles is 1. The number of carbonyl (C=O) groups excluding carboxylic acids is 3. The van der Waals surface area contributed by atoms with E-state index < -0.39 is 11.8 Å². The molecule has 32 heavy (non-hydrogen) atoms. The highest BCUT2D eigenvalue weighted by Gasteiger charge is 2.32. The van der Waals surface area contributed by atoms with Gasteiger partial charge in [0, 0.05) is 18.9 Å². The summed E-state index contributed by atoms with van der Waals surface area (Å²) >= 11 is 5.84. The lowest BCUT2D eigenvalue weighted by molar-refractivity contribution is -0.134. The Morgan fingerprint density at radius 2 is 2.19 bits per heavy atom. The second-order valence-electron chi connectivity index (χ2n) is 7.14. The molecule has 4 rings (SSSR count). The maximum Gasteiger partial charge on any atom is 0.263 e. The van der Waals surface area contributed by atoms with Crippen LogP contribution < -0.4 is 15.4 Å². The van der Waals surface area contributed by atoms with Crippen LogP contribution in [-0.4, -0.2) is 39.1 Å². The number of nitrogens with zero attached hydrogens (tertiary/aromatic N) is 4. The number of piperidine rings is 1. The Morgan fingerprint density at radius 3 is 2.94 bits per heavy atom. The second kappa shape index (κ2) is 8.64. The minimum Gasteiger partial charge on any atom is -0.481 e. The number of anilines is 1. The minimum atomic E-state index is -0.548. The molecule has 0 bridgehead atoms. The fraction of sp³-hybridized carbons (Fsp3) is 0.238. The highest BCUT2D eigenvalue weighted by atomic mass is 35.5. The van der Waals surface area contributed by atoms with Crippen LogP contribution in [0.4, 0.5) is 5.82 Å². The summed E-state index contributed by atoms with van der Waals surface area (Å²) in [6.07, 6.45) is 0.616. The number of imide groups is 1. The number of halogens is 1. The van der Waals surface area contributed by atoms with Crippen molar-refractivity contribution in [3.05, 3.63) is 46.7 Å². The molecule has 1 saturated heterocycles. The zero-order valence-corrected chi connectivity index (χ0v) is 17.6. The second-order valence-corrected chi connectivity index (χ2v) is 7.53. The van der Waals surface area contributed by atoms with Gasteiger partial charge in [0.25, 0.3) is 5.91 Å². The van der Waals surface area contributed by atoms with Crippen LogP contribution in [0.2, 0.25) is 5.15 Å². The fourth-order valence-corrected chi connectivity index (χ4v) is 3.74. The van der Waals surface area contributed by atoms with Gasteiger partial charge in [-0.1, -0.05) is 23.7 Å². The van der Waals surface area contributed by atoms with Gasteiger partial charge in [-0.15, -0.1) is 0 Å². The maximum atomic E-state index is 12.4. The van der Waals surface area contributed by atoms with E-state index >= 15 is 0 Å². The van der Waals surface area contributed by atoms with E-state index in [4.69, 9.17) is 21.6 Å². The van der Waals surface area contributed by atoms with E-state index in [-0.39, 0.29) is 41.4 Å². The Kier molecular flexibility index (Phi) is 5.75. The average Bonchev–Trinajstić information content (AvgIpc) is 3.09. The summed E-state index contributed by atoms with van der Waals surface area (Å²) < 4.78 is 7.29. The first-order valence-electron chi connectivity index (χ1n) is 9.66. The van der Waals surface area contributed by atoms with Crippen molar-refractivity contribution in [3.63, 3.8) is 0 Å². The van der Waals surface area contributed by atoms with Crippen molar-refractivity contribution < 1.29 is 19.1 Å². The molecule has 11 heteroatoms. The van der Waals surface area contributed by atoms with Gasteiger partial charge >= 0.3 is 0 Å². The number of aromatic nitrogens is 3. The highest BCUT2D eigenvalue weighted by Crippen LogP contribution is 2.34. The summed E-state index contributed by atoms with van der Waals surface area (Å²) in [6.45, 7) is -0.350.